The van der Waals surface area contributed by atoms with Crippen LogP contribution in [0.15, 0.2) is 30.3 Å². The zero-order chi connectivity index (χ0) is 21.1. The number of hydrogen-bond acceptors (Lipinski definition) is 4. The second-order valence-corrected chi connectivity index (χ2v) is 8.98. The number of rotatable bonds is 5. The first kappa shape index (κ1) is 21.2. The number of benzene rings is 1. The van der Waals surface area contributed by atoms with Crippen LogP contribution < -0.4 is 4.90 Å². The first-order chi connectivity index (χ1) is 14.5. The molecule has 0 aliphatic carbocycles. The molecule has 2 fully saturated rings. The van der Waals surface area contributed by atoms with Crippen LogP contribution in [0.25, 0.3) is 0 Å². The van der Waals surface area contributed by atoms with Crippen molar-refractivity contribution in [1.82, 2.24) is 19.6 Å². The van der Waals surface area contributed by atoms with Gasteiger partial charge in [-0.25, -0.2) is 0 Å². The Morgan fingerprint density at radius 3 is 2.63 bits per heavy atom. The molecule has 0 saturated carbocycles. The molecule has 0 N–H and O–H groups in total. The van der Waals surface area contributed by atoms with E-state index in [1.807, 2.05) is 36.7 Å². The molecule has 1 aromatic carbocycles. The van der Waals surface area contributed by atoms with Crippen molar-refractivity contribution in [2.75, 3.05) is 44.2 Å². The van der Waals surface area contributed by atoms with E-state index in [4.69, 9.17) is 11.6 Å². The van der Waals surface area contributed by atoms with Crippen molar-refractivity contribution in [3.05, 3.63) is 46.7 Å². The molecule has 2 saturated heterocycles. The monoisotopic (exact) mass is 429 g/mol. The average Bonchev–Trinajstić information content (AvgIpc) is 3.09. The van der Waals surface area contributed by atoms with Gasteiger partial charge >= 0.3 is 0 Å². The molecular weight excluding hydrogens is 398 g/mol. The average molecular weight is 430 g/mol. The number of hydrogen-bond donors (Lipinski definition) is 0. The minimum Gasteiger partial charge on any atom is -0.369 e. The number of aromatic nitrogens is 2. The van der Waals surface area contributed by atoms with Gasteiger partial charge in [0.2, 0.25) is 5.91 Å². The Bertz CT molecular complexity index is 874. The van der Waals surface area contributed by atoms with Crippen molar-refractivity contribution in [3.63, 3.8) is 0 Å². The third kappa shape index (κ3) is 4.98. The second kappa shape index (κ2) is 9.40. The first-order valence-electron chi connectivity index (χ1n) is 11.0. The van der Waals surface area contributed by atoms with E-state index in [2.05, 4.69) is 31.9 Å². The molecule has 1 amide bonds. The van der Waals surface area contributed by atoms with Gasteiger partial charge in [-0.1, -0.05) is 17.7 Å². The maximum atomic E-state index is 12.8. The molecule has 6 nitrogen and oxygen atoms in total. The van der Waals surface area contributed by atoms with E-state index in [9.17, 15) is 4.79 Å². The largest absolute Gasteiger partial charge is 0.369 e. The Morgan fingerprint density at radius 1 is 1.13 bits per heavy atom. The Morgan fingerprint density at radius 2 is 1.93 bits per heavy atom. The van der Waals surface area contributed by atoms with E-state index in [0.717, 1.165) is 62.1 Å². The molecule has 0 spiro atoms. The highest BCUT2D eigenvalue weighted by Crippen LogP contribution is 2.23. The quantitative estimate of drug-likeness (QED) is 0.731. The fraction of sp³-hybridized carbons (Fsp3) is 0.565. The van der Waals surface area contributed by atoms with Crippen LogP contribution in [-0.2, 0) is 11.3 Å². The van der Waals surface area contributed by atoms with E-state index < -0.39 is 0 Å². The molecular formula is C23H32ClN5O. The summed E-state index contributed by atoms with van der Waals surface area (Å²) < 4.78 is 1.95. The molecule has 2 aromatic rings. The lowest BCUT2D eigenvalue weighted by Crippen LogP contribution is -2.56. The van der Waals surface area contributed by atoms with Crippen LogP contribution in [0.5, 0.6) is 0 Å². The predicted molar refractivity (Wildman–Crippen MR) is 121 cm³/mol. The number of anilines is 1. The number of carbonyl (C=O) groups excluding carboxylic acids is 1. The van der Waals surface area contributed by atoms with E-state index in [-0.39, 0.29) is 5.91 Å². The second-order valence-electron chi connectivity index (χ2n) is 8.54. The van der Waals surface area contributed by atoms with Crippen molar-refractivity contribution in [2.24, 2.45) is 0 Å². The van der Waals surface area contributed by atoms with Crippen LogP contribution in [0, 0.1) is 13.8 Å². The van der Waals surface area contributed by atoms with Crippen molar-refractivity contribution < 1.29 is 4.79 Å². The third-order valence-corrected chi connectivity index (χ3v) is 6.63. The number of likely N-dealkylation sites (tertiary alicyclic amines) is 1. The van der Waals surface area contributed by atoms with Crippen LogP contribution >= 0.6 is 11.6 Å². The highest BCUT2D eigenvalue weighted by Gasteiger charge is 2.30. The molecule has 162 valence electrons. The highest BCUT2D eigenvalue weighted by molar-refractivity contribution is 6.30. The van der Waals surface area contributed by atoms with Crippen LogP contribution in [0.4, 0.5) is 5.69 Å². The van der Waals surface area contributed by atoms with Crippen molar-refractivity contribution in [1.29, 1.82) is 0 Å². The molecule has 3 heterocycles. The van der Waals surface area contributed by atoms with Gasteiger partial charge in [0.15, 0.2) is 0 Å². The predicted octanol–water partition coefficient (Wildman–Crippen LogP) is 3.36. The van der Waals surface area contributed by atoms with Crippen molar-refractivity contribution in [3.8, 4) is 0 Å². The molecule has 0 radical (unpaired) electrons. The lowest BCUT2D eigenvalue weighted by Gasteiger charge is -2.44. The minimum atomic E-state index is 0.254. The fourth-order valence-electron chi connectivity index (χ4n) is 4.76. The Balaban J connectivity index is 1.27. The highest BCUT2D eigenvalue weighted by atomic mass is 35.5. The molecule has 0 bridgehead atoms. The summed E-state index contributed by atoms with van der Waals surface area (Å²) in [5.74, 6) is 0.254. The molecule has 7 heteroatoms. The summed E-state index contributed by atoms with van der Waals surface area (Å²) in [4.78, 5) is 19.9. The molecule has 1 aromatic heterocycles. The van der Waals surface area contributed by atoms with Crippen LogP contribution in [0.3, 0.4) is 0 Å². The first-order valence-corrected chi connectivity index (χ1v) is 11.4. The normalized spacial score (nSPS) is 20.6. The maximum Gasteiger partial charge on any atom is 0.224 e. The van der Waals surface area contributed by atoms with Crippen molar-refractivity contribution >= 4 is 23.2 Å². The standard InChI is InChI=1S/C23H32ClN5O/c1-18-15-19(2)29(25-18)10-8-23(30)28-9-4-7-22(17-28)27-13-11-26(12-14-27)21-6-3-5-20(24)16-21/h3,5-6,15-16,22H,4,7-14,17H2,1-2H3/t22-/m0/s1. The molecule has 4 rings (SSSR count). The van der Waals surface area contributed by atoms with Gasteiger partial charge in [0.05, 0.1) is 5.69 Å². The smallest absolute Gasteiger partial charge is 0.224 e. The third-order valence-electron chi connectivity index (χ3n) is 6.39. The van der Waals surface area contributed by atoms with E-state index in [1.165, 1.54) is 12.1 Å². The lowest BCUT2D eigenvalue weighted by atomic mass is 10.0. The van der Waals surface area contributed by atoms with Gasteiger partial charge in [0, 0.05) is 74.7 Å². The molecule has 0 unspecified atom stereocenters. The minimum absolute atomic E-state index is 0.254. The SMILES string of the molecule is Cc1cc(C)n(CCC(=O)N2CCC[C@H](N3CCN(c4cccc(Cl)c4)CC3)C2)n1. The summed E-state index contributed by atoms with van der Waals surface area (Å²) in [5, 5.41) is 5.27. The summed E-state index contributed by atoms with van der Waals surface area (Å²) in [7, 11) is 0. The fourth-order valence-corrected chi connectivity index (χ4v) is 4.94. The van der Waals surface area contributed by atoms with Crippen LogP contribution in [-0.4, -0.2) is 70.8 Å². The molecule has 2 aliphatic rings. The number of aryl methyl sites for hydroxylation is 3. The van der Waals surface area contributed by atoms with E-state index in [0.29, 0.717) is 19.0 Å². The molecule has 30 heavy (non-hydrogen) atoms. The van der Waals surface area contributed by atoms with Gasteiger partial charge < -0.3 is 9.80 Å². The zero-order valence-electron chi connectivity index (χ0n) is 18.1. The maximum absolute atomic E-state index is 12.8. The topological polar surface area (TPSA) is 44.6 Å². The Labute approximate surface area is 184 Å². The Kier molecular flexibility index (Phi) is 6.64. The van der Waals surface area contributed by atoms with Gasteiger partial charge in [-0.2, -0.15) is 5.10 Å². The summed E-state index contributed by atoms with van der Waals surface area (Å²) in [5.41, 5.74) is 3.33. The van der Waals surface area contributed by atoms with Gasteiger partial charge in [-0.3, -0.25) is 14.4 Å². The van der Waals surface area contributed by atoms with Gasteiger partial charge in [-0.05, 0) is 51.0 Å². The number of halogens is 1. The Hall–Kier alpha value is -2.05. The van der Waals surface area contributed by atoms with Crippen LogP contribution in [0.1, 0.15) is 30.7 Å². The van der Waals surface area contributed by atoms with E-state index in [1.54, 1.807) is 0 Å². The molecule has 1 atom stereocenters. The summed E-state index contributed by atoms with van der Waals surface area (Å²) >= 11 is 6.15. The number of piperazine rings is 1. The number of piperidine rings is 1. The molecule has 2 aliphatic heterocycles. The van der Waals surface area contributed by atoms with Gasteiger partial charge in [0.25, 0.3) is 0 Å². The zero-order valence-corrected chi connectivity index (χ0v) is 18.8. The van der Waals surface area contributed by atoms with Gasteiger partial charge in [0.1, 0.15) is 0 Å². The summed E-state index contributed by atoms with van der Waals surface area (Å²) in [6, 6.07) is 10.6. The summed E-state index contributed by atoms with van der Waals surface area (Å²) in [6.07, 6.45) is 2.79. The summed E-state index contributed by atoms with van der Waals surface area (Å²) in [6.45, 7) is 10.5. The number of carbonyl (C=O) groups is 1. The van der Waals surface area contributed by atoms with Gasteiger partial charge in [-0.15, -0.1) is 0 Å². The van der Waals surface area contributed by atoms with E-state index >= 15 is 0 Å². The van der Waals surface area contributed by atoms with Crippen molar-refractivity contribution in [2.45, 2.75) is 45.7 Å². The van der Waals surface area contributed by atoms with Crippen LogP contribution in [0.2, 0.25) is 5.02 Å². The number of amides is 1. The lowest BCUT2D eigenvalue weighted by molar-refractivity contribution is -0.133. The number of nitrogens with zero attached hydrogens (tertiary/aromatic N) is 5.